The molecule has 0 heterocycles. The highest BCUT2D eigenvalue weighted by Crippen LogP contribution is 2.19. The van der Waals surface area contributed by atoms with E-state index in [-0.39, 0.29) is 12.4 Å². The number of rotatable bonds is 6. The van der Waals surface area contributed by atoms with Crippen LogP contribution in [0.5, 0.6) is 0 Å². The molecule has 0 saturated carbocycles. The first-order chi connectivity index (χ1) is 8.39. The van der Waals surface area contributed by atoms with E-state index in [9.17, 15) is 14.3 Å². The number of benzene rings is 1. The molecule has 1 rings (SSSR count). The number of carboxylic acid groups (broad SMARTS) is 1. The van der Waals surface area contributed by atoms with Gasteiger partial charge in [0, 0.05) is 11.6 Å². The summed E-state index contributed by atoms with van der Waals surface area (Å²) < 4.78 is 13.1. The van der Waals surface area contributed by atoms with Gasteiger partial charge in [-0.2, -0.15) is 0 Å². The summed E-state index contributed by atoms with van der Waals surface area (Å²) in [4.78, 5) is 11.2. The van der Waals surface area contributed by atoms with Crippen LogP contribution in [0.3, 0.4) is 0 Å². The van der Waals surface area contributed by atoms with E-state index in [1.165, 1.54) is 18.2 Å². The Kier molecular flexibility index (Phi) is 5.11. The first-order valence-corrected chi connectivity index (χ1v) is 6.19. The van der Waals surface area contributed by atoms with Crippen molar-refractivity contribution in [2.24, 2.45) is 0 Å². The van der Waals surface area contributed by atoms with Crippen molar-refractivity contribution in [3.05, 3.63) is 34.6 Å². The van der Waals surface area contributed by atoms with Crippen LogP contribution in [-0.2, 0) is 11.3 Å². The second kappa shape index (κ2) is 6.16. The number of aliphatic carboxylic acids is 1. The normalized spacial score (nSPS) is 14.2. The van der Waals surface area contributed by atoms with Gasteiger partial charge in [-0.05, 0) is 37.1 Å². The van der Waals surface area contributed by atoms with Crippen LogP contribution in [0, 0.1) is 5.82 Å². The average Bonchev–Trinajstić information content (AvgIpc) is 2.30. The molecule has 0 aromatic heterocycles. The van der Waals surface area contributed by atoms with Crippen molar-refractivity contribution in [1.82, 2.24) is 5.32 Å². The van der Waals surface area contributed by atoms with Crippen LogP contribution in [0.25, 0.3) is 0 Å². The molecule has 1 atom stereocenters. The van der Waals surface area contributed by atoms with Crippen molar-refractivity contribution in [1.29, 1.82) is 0 Å². The van der Waals surface area contributed by atoms with Crippen molar-refractivity contribution in [2.75, 3.05) is 0 Å². The highest BCUT2D eigenvalue weighted by molar-refractivity contribution is 6.31. The Hall–Kier alpha value is -1.13. The van der Waals surface area contributed by atoms with Crippen LogP contribution in [0.4, 0.5) is 4.39 Å². The Balaban J connectivity index is 2.79. The summed E-state index contributed by atoms with van der Waals surface area (Å²) in [6.45, 7) is 3.75. The Bertz CT molecular complexity index is 439. The first kappa shape index (κ1) is 14.9. The second-order valence-electron chi connectivity index (χ2n) is 4.48. The van der Waals surface area contributed by atoms with Gasteiger partial charge in [0.05, 0.1) is 0 Å². The van der Waals surface area contributed by atoms with E-state index in [0.717, 1.165) is 6.42 Å². The summed E-state index contributed by atoms with van der Waals surface area (Å²) in [7, 11) is 0. The van der Waals surface area contributed by atoms with E-state index >= 15 is 0 Å². The lowest BCUT2D eigenvalue weighted by Crippen LogP contribution is -2.48. The van der Waals surface area contributed by atoms with Crippen LogP contribution in [0.15, 0.2) is 18.2 Å². The number of nitrogens with one attached hydrogen (secondary N) is 1. The number of hydrogen-bond donors (Lipinski definition) is 2. The van der Waals surface area contributed by atoms with Gasteiger partial charge in [-0.3, -0.25) is 10.1 Å². The van der Waals surface area contributed by atoms with Crippen molar-refractivity contribution < 1.29 is 14.3 Å². The van der Waals surface area contributed by atoms with Crippen LogP contribution in [0.2, 0.25) is 5.02 Å². The second-order valence-corrected chi connectivity index (χ2v) is 4.88. The van der Waals surface area contributed by atoms with Gasteiger partial charge in [-0.25, -0.2) is 4.39 Å². The topological polar surface area (TPSA) is 49.3 Å². The molecule has 18 heavy (non-hydrogen) atoms. The third-order valence-corrected chi connectivity index (χ3v) is 3.27. The van der Waals surface area contributed by atoms with Crippen molar-refractivity contribution in [3.63, 3.8) is 0 Å². The number of carboxylic acids is 1. The maximum absolute atomic E-state index is 13.1. The molecular formula is C13H17ClFNO2. The summed E-state index contributed by atoms with van der Waals surface area (Å²) in [6, 6.07) is 4.05. The molecule has 5 heteroatoms. The lowest BCUT2D eigenvalue weighted by molar-refractivity contribution is -0.144. The van der Waals surface area contributed by atoms with Gasteiger partial charge in [0.2, 0.25) is 0 Å². The molecule has 2 N–H and O–H groups in total. The third kappa shape index (κ3) is 3.68. The molecule has 0 amide bonds. The van der Waals surface area contributed by atoms with E-state index in [0.29, 0.717) is 17.0 Å². The third-order valence-electron chi connectivity index (χ3n) is 2.90. The maximum atomic E-state index is 13.1. The fourth-order valence-electron chi connectivity index (χ4n) is 1.74. The molecule has 100 valence electrons. The highest BCUT2D eigenvalue weighted by atomic mass is 35.5. The van der Waals surface area contributed by atoms with Gasteiger partial charge in [0.1, 0.15) is 11.4 Å². The van der Waals surface area contributed by atoms with E-state index in [1.807, 2.05) is 6.92 Å². The molecule has 3 nitrogen and oxygen atoms in total. The zero-order valence-corrected chi connectivity index (χ0v) is 11.2. The first-order valence-electron chi connectivity index (χ1n) is 5.81. The van der Waals surface area contributed by atoms with Crippen molar-refractivity contribution in [2.45, 2.75) is 38.8 Å². The van der Waals surface area contributed by atoms with E-state index in [4.69, 9.17) is 11.6 Å². The minimum absolute atomic E-state index is 0.222. The monoisotopic (exact) mass is 273 g/mol. The molecule has 0 aliphatic heterocycles. The standard InChI is InChI=1S/C13H17ClFNO2/c1-3-6-13(2,12(17)18)16-8-9-7-10(15)4-5-11(9)14/h4-5,7,16H,3,6,8H2,1-2H3,(H,17,18). The average molecular weight is 274 g/mol. The lowest BCUT2D eigenvalue weighted by Gasteiger charge is -2.26. The summed E-state index contributed by atoms with van der Waals surface area (Å²) in [5, 5.41) is 12.6. The molecule has 0 radical (unpaired) electrons. The Labute approximate surface area is 111 Å². The SMILES string of the molecule is CCCC(C)(NCc1cc(F)ccc1Cl)C(=O)O. The van der Waals surface area contributed by atoms with Crippen LogP contribution in [-0.4, -0.2) is 16.6 Å². The number of hydrogen-bond acceptors (Lipinski definition) is 2. The lowest BCUT2D eigenvalue weighted by atomic mass is 9.96. The Morgan fingerprint density at radius 2 is 2.22 bits per heavy atom. The Morgan fingerprint density at radius 1 is 1.56 bits per heavy atom. The van der Waals surface area contributed by atoms with E-state index in [2.05, 4.69) is 5.32 Å². The van der Waals surface area contributed by atoms with Gasteiger partial charge in [-0.15, -0.1) is 0 Å². The fraction of sp³-hybridized carbons (Fsp3) is 0.462. The smallest absolute Gasteiger partial charge is 0.323 e. The quantitative estimate of drug-likeness (QED) is 0.837. The van der Waals surface area contributed by atoms with Gasteiger partial charge in [0.15, 0.2) is 0 Å². The van der Waals surface area contributed by atoms with Crippen LogP contribution >= 0.6 is 11.6 Å². The highest BCUT2D eigenvalue weighted by Gasteiger charge is 2.31. The molecule has 0 saturated heterocycles. The van der Waals surface area contributed by atoms with Crippen LogP contribution < -0.4 is 5.32 Å². The summed E-state index contributed by atoms with van der Waals surface area (Å²) in [6.07, 6.45) is 1.24. The van der Waals surface area contributed by atoms with Crippen LogP contribution in [0.1, 0.15) is 32.3 Å². The molecule has 1 unspecified atom stereocenters. The number of carbonyl (C=O) groups is 1. The predicted octanol–water partition coefficient (Wildman–Crippen LogP) is 3.21. The number of halogens is 2. The summed E-state index contributed by atoms with van der Waals surface area (Å²) in [5.41, 5.74) is -0.468. The largest absolute Gasteiger partial charge is 0.480 e. The van der Waals surface area contributed by atoms with Gasteiger partial charge >= 0.3 is 5.97 Å². The maximum Gasteiger partial charge on any atom is 0.323 e. The minimum atomic E-state index is -1.02. The fourth-order valence-corrected chi connectivity index (χ4v) is 1.92. The summed E-state index contributed by atoms with van der Waals surface area (Å²) in [5.74, 6) is -1.31. The predicted molar refractivity (Wildman–Crippen MR) is 69.2 cm³/mol. The van der Waals surface area contributed by atoms with Gasteiger partial charge < -0.3 is 5.11 Å². The van der Waals surface area contributed by atoms with Gasteiger partial charge in [0.25, 0.3) is 0 Å². The molecule has 1 aromatic carbocycles. The molecule has 0 fully saturated rings. The Morgan fingerprint density at radius 3 is 2.78 bits per heavy atom. The zero-order valence-electron chi connectivity index (χ0n) is 10.5. The van der Waals surface area contributed by atoms with Gasteiger partial charge in [-0.1, -0.05) is 24.9 Å². The molecule has 1 aromatic rings. The van der Waals surface area contributed by atoms with Crippen molar-refractivity contribution in [3.8, 4) is 0 Å². The zero-order chi connectivity index (χ0) is 13.8. The molecular weight excluding hydrogens is 257 g/mol. The van der Waals surface area contributed by atoms with E-state index < -0.39 is 11.5 Å². The molecule has 0 aliphatic rings. The molecule has 0 aliphatic carbocycles. The van der Waals surface area contributed by atoms with Crippen molar-refractivity contribution >= 4 is 17.6 Å². The molecule has 0 bridgehead atoms. The summed E-state index contributed by atoms with van der Waals surface area (Å²) >= 11 is 5.93. The minimum Gasteiger partial charge on any atom is -0.480 e. The van der Waals surface area contributed by atoms with E-state index in [1.54, 1.807) is 6.92 Å². The molecule has 0 spiro atoms.